The first-order valence-corrected chi connectivity index (χ1v) is 5.11. The predicted octanol–water partition coefficient (Wildman–Crippen LogP) is 2.51. The molecule has 1 aliphatic heterocycles. The molecule has 2 rings (SSSR count). The van der Waals surface area contributed by atoms with Crippen LogP contribution in [0, 0.1) is 13.8 Å². The molecule has 1 aliphatic rings. The monoisotopic (exact) mass is 192 g/mol. The van der Waals surface area contributed by atoms with Gasteiger partial charge in [0.1, 0.15) is 5.75 Å². The normalized spacial score (nSPS) is 20.9. The molecule has 1 N–H and O–H groups in total. The van der Waals surface area contributed by atoms with E-state index in [-0.39, 0.29) is 6.10 Å². The van der Waals surface area contributed by atoms with Crippen LogP contribution in [0.25, 0.3) is 0 Å². The number of hydrogen-bond donors (Lipinski definition) is 1. The van der Waals surface area contributed by atoms with Crippen molar-refractivity contribution in [3.05, 3.63) is 28.8 Å². The highest BCUT2D eigenvalue weighted by Gasteiger charge is 2.19. The first-order chi connectivity index (χ1) is 6.70. The number of rotatable bonds is 0. The summed E-state index contributed by atoms with van der Waals surface area (Å²) in [7, 11) is 0. The molecule has 1 atom stereocenters. The van der Waals surface area contributed by atoms with E-state index < -0.39 is 0 Å². The molecule has 0 radical (unpaired) electrons. The summed E-state index contributed by atoms with van der Waals surface area (Å²) in [5.74, 6) is 0.898. The zero-order valence-corrected chi connectivity index (χ0v) is 8.71. The molecule has 0 saturated carbocycles. The Kier molecular flexibility index (Phi) is 2.46. The summed E-state index contributed by atoms with van der Waals surface area (Å²) in [6.45, 7) is 4.83. The van der Waals surface area contributed by atoms with Gasteiger partial charge < -0.3 is 9.84 Å². The average molecular weight is 192 g/mol. The van der Waals surface area contributed by atoms with Gasteiger partial charge in [-0.25, -0.2) is 0 Å². The smallest absolute Gasteiger partial charge is 0.128 e. The van der Waals surface area contributed by atoms with Crippen LogP contribution in [0.3, 0.4) is 0 Å². The largest absolute Gasteiger partial charge is 0.493 e. The van der Waals surface area contributed by atoms with E-state index in [1.807, 2.05) is 19.1 Å². The summed E-state index contributed by atoms with van der Waals surface area (Å²) in [6.07, 6.45) is 1.37. The lowest BCUT2D eigenvalue weighted by Gasteiger charge is -2.14. The van der Waals surface area contributed by atoms with Gasteiger partial charge in [-0.15, -0.1) is 0 Å². The maximum Gasteiger partial charge on any atom is 0.128 e. The van der Waals surface area contributed by atoms with Crippen molar-refractivity contribution in [2.45, 2.75) is 32.8 Å². The van der Waals surface area contributed by atoms with Gasteiger partial charge in [0, 0.05) is 5.56 Å². The van der Waals surface area contributed by atoms with E-state index in [1.165, 1.54) is 5.56 Å². The maximum absolute atomic E-state index is 9.88. The minimum atomic E-state index is -0.355. The van der Waals surface area contributed by atoms with E-state index in [0.29, 0.717) is 6.61 Å². The molecule has 0 amide bonds. The van der Waals surface area contributed by atoms with Crippen molar-refractivity contribution in [3.63, 3.8) is 0 Å². The fraction of sp³-hybridized carbons (Fsp3) is 0.500. The molecule has 0 fully saturated rings. The van der Waals surface area contributed by atoms with Crippen LogP contribution >= 0.6 is 0 Å². The third kappa shape index (κ3) is 1.50. The fourth-order valence-corrected chi connectivity index (χ4v) is 1.87. The van der Waals surface area contributed by atoms with Crippen molar-refractivity contribution in [1.82, 2.24) is 0 Å². The number of aryl methyl sites for hydroxylation is 1. The Morgan fingerprint density at radius 2 is 2.14 bits per heavy atom. The molecule has 1 aromatic carbocycles. The van der Waals surface area contributed by atoms with Crippen LogP contribution < -0.4 is 4.74 Å². The number of fused-ring (bicyclic) bond motifs is 1. The van der Waals surface area contributed by atoms with Crippen molar-refractivity contribution in [2.75, 3.05) is 6.61 Å². The molecule has 14 heavy (non-hydrogen) atoms. The van der Waals surface area contributed by atoms with Crippen LogP contribution in [0.4, 0.5) is 0 Å². The van der Waals surface area contributed by atoms with Gasteiger partial charge in [-0.1, -0.05) is 12.1 Å². The van der Waals surface area contributed by atoms with Crippen molar-refractivity contribution in [1.29, 1.82) is 0 Å². The molecule has 0 spiro atoms. The summed E-state index contributed by atoms with van der Waals surface area (Å²) < 4.78 is 5.67. The SMILES string of the molecule is Cc1ccc2c(c1C)OCCCC2O. The highest BCUT2D eigenvalue weighted by Crippen LogP contribution is 2.35. The summed E-state index contributed by atoms with van der Waals surface area (Å²) >= 11 is 0. The van der Waals surface area contributed by atoms with E-state index in [1.54, 1.807) is 0 Å². The van der Waals surface area contributed by atoms with Gasteiger partial charge in [-0.05, 0) is 37.8 Å². The number of aliphatic hydroxyl groups is 1. The molecule has 1 heterocycles. The molecule has 0 bridgehead atoms. The number of aliphatic hydroxyl groups excluding tert-OH is 1. The Morgan fingerprint density at radius 1 is 1.36 bits per heavy atom. The highest BCUT2D eigenvalue weighted by molar-refractivity contribution is 5.46. The Morgan fingerprint density at radius 3 is 2.93 bits per heavy atom. The van der Waals surface area contributed by atoms with E-state index in [0.717, 1.165) is 29.7 Å². The van der Waals surface area contributed by atoms with Crippen molar-refractivity contribution >= 4 is 0 Å². The highest BCUT2D eigenvalue weighted by atomic mass is 16.5. The molecular formula is C12H16O2. The van der Waals surface area contributed by atoms with Gasteiger partial charge in [0.25, 0.3) is 0 Å². The van der Waals surface area contributed by atoms with E-state index in [4.69, 9.17) is 4.74 Å². The lowest BCUT2D eigenvalue weighted by molar-refractivity contribution is 0.167. The van der Waals surface area contributed by atoms with Gasteiger partial charge in [0.15, 0.2) is 0 Å². The standard InChI is InChI=1S/C12H16O2/c1-8-5-6-10-11(13)4-3-7-14-12(10)9(8)2/h5-6,11,13H,3-4,7H2,1-2H3. The number of ether oxygens (including phenoxy) is 1. The van der Waals surface area contributed by atoms with E-state index in [9.17, 15) is 5.11 Å². The maximum atomic E-state index is 9.88. The van der Waals surface area contributed by atoms with E-state index >= 15 is 0 Å². The third-order valence-corrected chi connectivity index (χ3v) is 2.93. The molecule has 1 unspecified atom stereocenters. The summed E-state index contributed by atoms with van der Waals surface area (Å²) in [5, 5.41) is 9.88. The first kappa shape index (κ1) is 9.53. The summed E-state index contributed by atoms with van der Waals surface area (Å²) in [5.41, 5.74) is 3.33. The van der Waals surface area contributed by atoms with Gasteiger partial charge in [0.2, 0.25) is 0 Å². The van der Waals surface area contributed by atoms with Crippen molar-refractivity contribution in [2.24, 2.45) is 0 Å². The quantitative estimate of drug-likeness (QED) is 0.684. The van der Waals surface area contributed by atoms with Gasteiger partial charge in [-0.2, -0.15) is 0 Å². The Bertz CT molecular complexity index is 344. The molecule has 2 heteroatoms. The molecular weight excluding hydrogens is 176 g/mol. The van der Waals surface area contributed by atoms with Crippen LogP contribution in [-0.4, -0.2) is 11.7 Å². The van der Waals surface area contributed by atoms with Crippen LogP contribution in [-0.2, 0) is 0 Å². The third-order valence-electron chi connectivity index (χ3n) is 2.93. The summed E-state index contributed by atoms with van der Waals surface area (Å²) in [4.78, 5) is 0. The molecule has 0 aromatic heterocycles. The molecule has 0 aliphatic carbocycles. The molecule has 0 saturated heterocycles. The Labute approximate surface area is 84.5 Å². The van der Waals surface area contributed by atoms with Gasteiger partial charge in [0.05, 0.1) is 12.7 Å². The molecule has 2 nitrogen and oxygen atoms in total. The van der Waals surface area contributed by atoms with Crippen LogP contribution in [0.15, 0.2) is 12.1 Å². The second-order valence-corrected chi connectivity index (χ2v) is 3.93. The minimum absolute atomic E-state index is 0.355. The van der Waals surface area contributed by atoms with Crippen LogP contribution in [0.1, 0.15) is 35.6 Å². The summed E-state index contributed by atoms with van der Waals surface area (Å²) in [6, 6.07) is 4.03. The van der Waals surface area contributed by atoms with Crippen LogP contribution in [0.5, 0.6) is 5.75 Å². The zero-order chi connectivity index (χ0) is 10.1. The predicted molar refractivity (Wildman–Crippen MR) is 55.6 cm³/mol. The molecule has 1 aromatic rings. The topological polar surface area (TPSA) is 29.5 Å². The van der Waals surface area contributed by atoms with E-state index in [2.05, 4.69) is 6.92 Å². The minimum Gasteiger partial charge on any atom is -0.493 e. The van der Waals surface area contributed by atoms with Crippen LogP contribution in [0.2, 0.25) is 0 Å². The zero-order valence-electron chi connectivity index (χ0n) is 8.71. The average Bonchev–Trinajstić information content (AvgIpc) is 2.35. The number of benzene rings is 1. The lowest BCUT2D eigenvalue weighted by Crippen LogP contribution is -1.99. The van der Waals surface area contributed by atoms with Gasteiger partial charge in [-0.3, -0.25) is 0 Å². The fourth-order valence-electron chi connectivity index (χ4n) is 1.87. The number of hydrogen-bond acceptors (Lipinski definition) is 2. The van der Waals surface area contributed by atoms with Crippen molar-refractivity contribution in [3.8, 4) is 5.75 Å². The first-order valence-electron chi connectivity index (χ1n) is 5.11. The Balaban J connectivity index is 2.53. The molecule has 76 valence electrons. The van der Waals surface area contributed by atoms with Gasteiger partial charge >= 0.3 is 0 Å². The lowest BCUT2D eigenvalue weighted by atomic mass is 9.99. The van der Waals surface area contributed by atoms with Crippen molar-refractivity contribution < 1.29 is 9.84 Å². The Hall–Kier alpha value is -1.02. The second kappa shape index (κ2) is 3.62. The second-order valence-electron chi connectivity index (χ2n) is 3.93.